The smallest absolute Gasteiger partial charge is 0.870 e. The van der Waals surface area contributed by atoms with Crippen LogP contribution in [0, 0.1) is 6.92 Å². The van der Waals surface area contributed by atoms with Gasteiger partial charge in [-0.3, -0.25) is 0 Å². The molecule has 0 saturated carbocycles. The summed E-state index contributed by atoms with van der Waals surface area (Å²) in [5.41, 5.74) is 0. The van der Waals surface area contributed by atoms with E-state index in [1.54, 1.807) is 0 Å². The second-order valence-electron chi connectivity index (χ2n) is 0.896. The summed E-state index contributed by atoms with van der Waals surface area (Å²) in [6, 6.07) is 0. The maximum atomic E-state index is 5.26. The molecule has 0 bridgehead atoms. The van der Waals surface area contributed by atoms with Crippen LogP contribution in [-0.2, 0) is 0 Å². The normalized spacial score (nSPS) is 5.25. The molecule has 2 nitrogen and oxygen atoms in total. The summed E-state index contributed by atoms with van der Waals surface area (Å²) >= 11 is 5.26. The van der Waals surface area contributed by atoms with Crippen LogP contribution < -0.4 is 0 Å². The standard InChI is InChI=1S/C4H8Cl.2H2O.Sn/c1-2-3-4-5;;;/h1-4H2;2*1H2;/q;;;+2/p-2. The minimum atomic E-state index is 0. The first kappa shape index (κ1) is 23.0. The van der Waals surface area contributed by atoms with E-state index in [0.29, 0.717) is 0 Å². The fraction of sp³-hybridized carbons (Fsp3) is 0.750. The topological polar surface area (TPSA) is 60.0 Å². The Morgan fingerprint density at radius 2 is 1.62 bits per heavy atom. The molecule has 0 amide bonds. The molecule has 0 aliphatic carbocycles. The van der Waals surface area contributed by atoms with Crippen molar-refractivity contribution in [2.75, 3.05) is 5.88 Å². The Bertz CT molecular complexity index is 21.5. The Kier molecular flexibility index (Phi) is 70.5. The fourth-order valence-electron chi connectivity index (χ4n) is 0.0945. The van der Waals surface area contributed by atoms with E-state index in [2.05, 4.69) is 6.92 Å². The second kappa shape index (κ2) is 24.5. The predicted molar refractivity (Wildman–Crippen MR) is 34.9 cm³/mol. The Balaban J connectivity index is -0.0000000267. The molecule has 0 aliphatic rings. The van der Waals surface area contributed by atoms with E-state index in [4.69, 9.17) is 11.6 Å². The molecule has 0 aromatic rings. The average Bonchev–Trinajstić information content (AvgIpc) is 1.41. The van der Waals surface area contributed by atoms with Crippen molar-refractivity contribution in [3.63, 3.8) is 0 Å². The number of rotatable bonds is 2. The third-order valence-corrected chi connectivity index (χ3v) is 0.651. The second-order valence-corrected chi connectivity index (χ2v) is 1.27. The van der Waals surface area contributed by atoms with Crippen LogP contribution in [0.5, 0.6) is 0 Å². The summed E-state index contributed by atoms with van der Waals surface area (Å²) in [5.74, 6) is 0.753. The summed E-state index contributed by atoms with van der Waals surface area (Å²) in [7, 11) is 0. The molecular formula is C4H10ClO2Sn. The van der Waals surface area contributed by atoms with Crippen LogP contribution in [-0.4, -0.2) is 40.7 Å². The molecule has 0 heterocycles. The van der Waals surface area contributed by atoms with Crippen molar-refractivity contribution in [3.05, 3.63) is 6.92 Å². The van der Waals surface area contributed by atoms with Crippen molar-refractivity contribution in [2.24, 2.45) is 0 Å². The predicted octanol–water partition coefficient (Wildman–Crippen LogP) is 1.11. The van der Waals surface area contributed by atoms with Crippen LogP contribution in [0.4, 0.5) is 0 Å². The largest absolute Gasteiger partial charge is 2.00 e. The summed E-state index contributed by atoms with van der Waals surface area (Å²) in [4.78, 5) is 0. The number of hydrogen-bond acceptors (Lipinski definition) is 2. The zero-order valence-corrected chi connectivity index (χ0v) is 8.21. The number of alkyl halides is 1. The van der Waals surface area contributed by atoms with E-state index in [0.717, 1.165) is 18.7 Å². The van der Waals surface area contributed by atoms with Crippen LogP contribution in [0.25, 0.3) is 0 Å². The first-order valence-electron chi connectivity index (χ1n) is 1.77. The van der Waals surface area contributed by atoms with Gasteiger partial charge in [-0.15, -0.1) is 11.6 Å². The summed E-state index contributed by atoms with van der Waals surface area (Å²) < 4.78 is 0. The number of hydrogen-bond donors (Lipinski definition) is 0. The van der Waals surface area contributed by atoms with Gasteiger partial charge in [-0.1, -0.05) is 13.3 Å². The van der Waals surface area contributed by atoms with E-state index < -0.39 is 0 Å². The molecule has 0 saturated heterocycles. The molecule has 0 spiro atoms. The van der Waals surface area contributed by atoms with Crippen molar-refractivity contribution in [3.8, 4) is 0 Å². The SMILES string of the molecule is [CH2]CCCCl.[OH-].[OH-].[Sn+2]. The molecule has 0 aromatic heterocycles. The van der Waals surface area contributed by atoms with Crippen LogP contribution in [0.2, 0.25) is 0 Å². The van der Waals surface area contributed by atoms with E-state index in [1.807, 2.05) is 0 Å². The first-order valence-corrected chi connectivity index (χ1v) is 2.30. The van der Waals surface area contributed by atoms with Gasteiger partial charge in [-0.2, -0.15) is 0 Å². The van der Waals surface area contributed by atoms with Gasteiger partial charge in [-0.05, 0) is 6.42 Å². The molecule has 0 fully saturated rings. The van der Waals surface area contributed by atoms with Gasteiger partial charge in [0.15, 0.2) is 0 Å². The molecule has 4 heteroatoms. The maximum Gasteiger partial charge on any atom is 2.00 e. The van der Waals surface area contributed by atoms with Gasteiger partial charge in [0, 0.05) is 5.88 Å². The summed E-state index contributed by atoms with van der Waals surface area (Å²) in [5, 5.41) is 0. The minimum absolute atomic E-state index is 0. The minimum Gasteiger partial charge on any atom is -0.870 e. The fourth-order valence-corrected chi connectivity index (χ4v) is 0.283. The zero-order valence-electron chi connectivity index (χ0n) is 4.60. The molecule has 2 N–H and O–H groups in total. The van der Waals surface area contributed by atoms with Gasteiger partial charge in [-0.25, -0.2) is 0 Å². The zero-order chi connectivity index (χ0) is 4.12. The van der Waals surface area contributed by atoms with Gasteiger partial charge in [0.2, 0.25) is 0 Å². The number of unbranched alkanes of at least 4 members (excludes halogenated alkanes) is 1. The van der Waals surface area contributed by atoms with Gasteiger partial charge in [0.25, 0.3) is 0 Å². The van der Waals surface area contributed by atoms with Crippen molar-refractivity contribution in [1.82, 2.24) is 0 Å². The van der Waals surface area contributed by atoms with Crippen LogP contribution in [0.1, 0.15) is 12.8 Å². The third kappa shape index (κ3) is 28.0. The quantitative estimate of drug-likeness (QED) is 0.539. The summed E-state index contributed by atoms with van der Waals surface area (Å²) in [6.07, 6.45) is 2.01. The van der Waals surface area contributed by atoms with E-state index in [9.17, 15) is 0 Å². The van der Waals surface area contributed by atoms with Crippen LogP contribution >= 0.6 is 11.6 Å². The van der Waals surface area contributed by atoms with Gasteiger partial charge >= 0.3 is 23.9 Å². The van der Waals surface area contributed by atoms with E-state index in [-0.39, 0.29) is 34.9 Å². The molecule has 0 unspecified atom stereocenters. The van der Waals surface area contributed by atoms with Crippen molar-refractivity contribution < 1.29 is 11.0 Å². The number of halogens is 1. The third-order valence-electron chi connectivity index (χ3n) is 0.384. The van der Waals surface area contributed by atoms with Crippen LogP contribution in [0.15, 0.2) is 0 Å². The van der Waals surface area contributed by atoms with Gasteiger partial charge in [0.1, 0.15) is 0 Å². The maximum absolute atomic E-state index is 5.26. The molecule has 0 atom stereocenters. The molecule has 49 valence electrons. The average molecular weight is 244 g/mol. The Morgan fingerprint density at radius 3 is 1.62 bits per heavy atom. The monoisotopic (exact) mass is 245 g/mol. The molecule has 0 aliphatic heterocycles. The van der Waals surface area contributed by atoms with Crippen molar-refractivity contribution in [2.45, 2.75) is 12.8 Å². The first-order chi connectivity index (χ1) is 2.41. The Labute approximate surface area is 72.2 Å². The van der Waals surface area contributed by atoms with Gasteiger partial charge in [0.05, 0.1) is 0 Å². The van der Waals surface area contributed by atoms with Crippen molar-refractivity contribution in [1.29, 1.82) is 0 Å². The Hall–Kier alpha value is 1.01. The molecular weight excluding hydrogens is 234 g/mol. The molecule has 0 aromatic carbocycles. The Morgan fingerprint density at radius 1 is 1.25 bits per heavy atom. The molecule has 0 rings (SSSR count). The molecule has 8 heavy (non-hydrogen) atoms. The van der Waals surface area contributed by atoms with Crippen LogP contribution in [0.3, 0.4) is 0 Å². The van der Waals surface area contributed by atoms with E-state index >= 15 is 0 Å². The van der Waals surface area contributed by atoms with E-state index in [1.165, 1.54) is 0 Å². The molecule has 3 radical (unpaired) electrons. The van der Waals surface area contributed by atoms with Gasteiger partial charge < -0.3 is 11.0 Å². The summed E-state index contributed by atoms with van der Waals surface area (Å²) in [6.45, 7) is 3.59. The van der Waals surface area contributed by atoms with Crippen molar-refractivity contribution >= 4 is 35.5 Å².